The molecule has 0 aromatic rings. The third-order valence-corrected chi connectivity index (χ3v) is 26.6. The van der Waals surface area contributed by atoms with Gasteiger partial charge >= 0.3 is 52.2 Å². The number of ether oxygens (including phenoxy) is 6. The van der Waals surface area contributed by atoms with Gasteiger partial charge in [0.05, 0.1) is 19.8 Å². The highest BCUT2D eigenvalue weighted by Crippen LogP contribution is 2.38. The van der Waals surface area contributed by atoms with E-state index in [4.69, 9.17) is 44.9 Å². The first-order chi connectivity index (χ1) is 23.9. The van der Waals surface area contributed by atoms with Crippen molar-refractivity contribution in [3.63, 3.8) is 0 Å². The zero-order valence-electron chi connectivity index (χ0n) is 32.4. The number of carbonyl (C=O) groups is 3. The fourth-order valence-corrected chi connectivity index (χ4v) is 28.8. The molecule has 1 fully saturated rings. The lowest BCUT2D eigenvalue weighted by Crippen LogP contribution is -2.67. The Bertz CT molecular complexity index is 1100. The minimum absolute atomic E-state index is 0.155. The molecule has 2 unspecified atom stereocenters. The first kappa shape index (κ1) is 47.2. The first-order valence-corrected chi connectivity index (χ1v) is 28.0. The quantitative estimate of drug-likeness (QED) is 0.0316. The third-order valence-electron chi connectivity index (χ3n) is 7.62. The monoisotopic (exact) mass is 792 g/mol. The van der Waals surface area contributed by atoms with Crippen molar-refractivity contribution >= 4 is 52.2 Å². The Balaban J connectivity index is 2.97. The number of hydrogen-bond donors (Lipinski definition) is 0. The predicted molar refractivity (Wildman–Crippen MR) is 204 cm³/mol. The lowest BCUT2D eigenvalue weighted by atomic mass is 10.4. The van der Waals surface area contributed by atoms with Crippen molar-refractivity contribution in [2.75, 3.05) is 59.5 Å². The van der Waals surface area contributed by atoms with Crippen molar-refractivity contribution in [3.05, 3.63) is 36.5 Å². The summed E-state index contributed by atoms with van der Waals surface area (Å²) in [5.41, 5.74) is 1.05. The van der Waals surface area contributed by atoms with Crippen LogP contribution in [0, 0.1) is 0 Å². The minimum atomic E-state index is -2.88. The second kappa shape index (κ2) is 23.8. The van der Waals surface area contributed by atoms with E-state index in [1.165, 1.54) is 0 Å². The summed E-state index contributed by atoms with van der Waals surface area (Å²) in [5.74, 6) is -1.30. The summed E-state index contributed by atoms with van der Waals surface area (Å²) >= 11 is 0. The molecular weight excluding hydrogens is 729 g/mol. The lowest BCUT2D eigenvalue weighted by molar-refractivity contribution is -0.141. The van der Waals surface area contributed by atoms with Crippen molar-refractivity contribution < 1.29 is 59.3 Å². The van der Waals surface area contributed by atoms with E-state index in [2.05, 4.69) is 52.8 Å². The van der Waals surface area contributed by atoms with E-state index in [0.29, 0.717) is 87.1 Å². The van der Waals surface area contributed by atoms with E-state index in [-0.39, 0.29) is 26.4 Å². The molecular formula is C34H64O13Si4. The van der Waals surface area contributed by atoms with Crippen LogP contribution in [0.4, 0.5) is 0 Å². The standard InChI is InChI=1S/C34H64O13Si4/c1-12-25-48(8)44-49(9,26-13-16-38-19-22-41-32(35)29(2)3)46-51(11,28-15-18-40-21-24-43-34(37)31(6)7)47-50(10,45-48)27-14-17-39-20-23-42-33(36)30(4)5/h2,4,6,12-28H2,1,3,5,7-11H3. The topological polar surface area (TPSA) is 144 Å². The lowest BCUT2D eigenvalue weighted by Gasteiger charge is -2.50. The van der Waals surface area contributed by atoms with Gasteiger partial charge in [-0.05, 0) is 90.4 Å². The van der Waals surface area contributed by atoms with Crippen LogP contribution in [0.3, 0.4) is 0 Å². The summed E-state index contributed by atoms with van der Waals surface area (Å²) in [6.45, 7) is 28.9. The maximum absolute atomic E-state index is 11.6. The van der Waals surface area contributed by atoms with Crippen LogP contribution in [0.5, 0.6) is 0 Å². The summed E-state index contributed by atoms with van der Waals surface area (Å²) in [6.07, 6.45) is 3.01. The first-order valence-electron chi connectivity index (χ1n) is 17.9. The second-order valence-electron chi connectivity index (χ2n) is 13.6. The Morgan fingerprint density at radius 3 is 0.941 bits per heavy atom. The maximum Gasteiger partial charge on any atom is 0.333 e. The molecule has 17 heteroatoms. The molecule has 1 heterocycles. The number of hydrogen-bond acceptors (Lipinski definition) is 13. The van der Waals surface area contributed by atoms with E-state index >= 15 is 0 Å². The van der Waals surface area contributed by atoms with Crippen LogP contribution < -0.4 is 0 Å². The summed E-state index contributed by atoms with van der Waals surface area (Å²) < 4.78 is 61.1. The molecule has 51 heavy (non-hydrogen) atoms. The van der Waals surface area contributed by atoms with E-state index in [9.17, 15) is 14.4 Å². The smallest absolute Gasteiger partial charge is 0.333 e. The van der Waals surface area contributed by atoms with Crippen molar-refractivity contribution in [1.29, 1.82) is 0 Å². The van der Waals surface area contributed by atoms with Gasteiger partial charge in [-0.2, -0.15) is 0 Å². The summed E-state index contributed by atoms with van der Waals surface area (Å²) in [6, 6.07) is 2.85. The number of carbonyl (C=O) groups excluding carboxylic acids is 3. The van der Waals surface area contributed by atoms with E-state index in [1.807, 2.05) is 0 Å². The molecule has 2 atom stereocenters. The van der Waals surface area contributed by atoms with Crippen LogP contribution in [0.25, 0.3) is 0 Å². The molecule has 1 saturated heterocycles. The summed E-state index contributed by atoms with van der Waals surface area (Å²) in [4.78, 5) is 34.9. The van der Waals surface area contributed by atoms with Gasteiger partial charge in [-0.25, -0.2) is 14.4 Å². The van der Waals surface area contributed by atoms with Gasteiger partial charge in [-0.1, -0.05) is 33.1 Å². The molecule has 0 saturated carbocycles. The second-order valence-corrected chi connectivity index (χ2v) is 27.9. The fraction of sp³-hybridized carbons (Fsp3) is 0.735. The van der Waals surface area contributed by atoms with Gasteiger partial charge in [0.1, 0.15) is 19.8 Å². The molecule has 0 amide bonds. The van der Waals surface area contributed by atoms with Gasteiger partial charge in [0.25, 0.3) is 0 Å². The van der Waals surface area contributed by atoms with Gasteiger partial charge in [0, 0.05) is 36.5 Å². The van der Waals surface area contributed by atoms with Gasteiger partial charge in [-0.3, -0.25) is 0 Å². The highest BCUT2D eigenvalue weighted by molar-refractivity contribution is 6.93. The van der Waals surface area contributed by atoms with E-state index in [0.717, 1.165) is 12.5 Å². The minimum Gasteiger partial charge on any atom is -0.460 e. The van der Waals surface area contributed by atoms with Crippen LogP contribution in [-0.4, -0.2) is 112 Å². The molecule has 0 N–H and O–H groups in total. The summed E-state index contributed by atoms with van der Waals surface area (Å²) in [7, 11) is -11.3. The van der Waals surface area contributed by atoms with Crippen molar-refractivity contribution in [3.8, 4) is 0 Å². The fourth-order valence-electron chi connectivity index (χ4n) is 5.51. The molecule has 0 spiro atoms. The SMILES string of the molecule is C=C(C)C(=O)OCCOCCC[Si]1(C)O[Si](C)(CCC)O[Si](C)(CCCOCCOC(=O)C(=C)C)O[Si](C)(CCCOCCOC(=O)C(=C)C)O1. The average molecular weight is 793 g/mol. The Kier molecular flexibility index (Phi) is 22.0. The maximum atomic E-state index is 11.6. The average Bonchev–Trinajstić information content (AvgIpc) is 3.01. The normalized spacial score (nSPS) is 24.9. The Morgan fingerprint density at radius 2 is 0.706 bits per heavy atom. The highest BCUT2D eigenvalue weighted by atomic mass is 28.5. The van der Waals surface area contributed by atoms with Crippen LogP contribution >= 0.6 is 0 Å². The van der Waals surface area contributed by atoms with Crippen LogP contribution in [-0.2, 0) is 59.3 Å². The number of esters is 3. The molecule has 0 aromatic heterocycles. The summed E-state index contributed by atoms with van der Waals surface area (Å²) in [5, 5.41) is 0. The molecule has 0 aliphatic carbocycles. The van der Waals surface area contributed by atoms with Crippen LogP contribution in [0.2, 0.25) is 50.4 Å². The Hall–Kier alpha value is -1.78. The van der Waals surface area contributed by atoms with E-state index < -0.39 is 52.2 Å². The molecule has 0 aromatic carbocycles. The zero-order chi connectivity index (χ0) is 38.6. The Morgan fingerprint density at radius 1 is 0.451 bits per heavy atom. The molecule has 1 rings (SSSR count). The Labute approximate surface area is 310 Å². The molecule has 1 aliphatic heterocycles. The molecule has 0 radical (unpaired) electrons. The van der Waals surface area contributed by atoms with Crippen molar-refractivity contribution in [1.82, 2.24) is 0 Å². The zero-order valence-corrected chi connectivity index (χ0v) is 36.4. The van der Waals surface area contributed by atoms with Gasteiger partial charge in [-0.15, -0.1) is 0 Å². The number of rotatable bonds is 26. The predicted octanol–water partition coefficient (Wildman–Crippen LogP) is 6.34. The van der Waals surface area contributed by atoms with Gasteiger partial charge < -0.3 is 44.9 Å². The largest absolute Gasteiger partial charge is 0.460 e. The van der Waals surface area contributed by atoms with Crippen LogP contribution in [0.15, 0.2) is 36.5 Å². The van der Waals surface area contributed by atoms with E-state index in [1.54, 1.807) is 20.8 Å². The van der Waals surface area contributed by atoms with Crippen LogP contribution in [0.1, 0.15) is 53.4 Å². The molecule has 13 nitrogen and oxygen atoms in total. The highest BCUT2D eigenvalue weighted by Gasteiger charge is 2.56. The molecule has 294 valence electrons. The van der Waals surface area contributed by atoms with Crippen molar-refractivity contribution in [2.24, 2.45) is 0 Å². The van der Waals surface area contributed by atoms with Gasteiger partial charge in [0.15, 0.2) is 0 Å². The van der Waals surface area contributed by atoms with Gasteiger partial charge in [0.2, 0.25) is 0 Å². The molecule has 0 bridgehead atoms. The molecule has 1 aliphatic rings. The van der Waals surface area contributed by atoms with Crippen molar-refractivity contribution in [2.45, 2.75) is 104 Å². The third kappa shape index (κ3) is 20.3.